The number of nitrogens with one attached hydrogen (secondary N) is 1. The van der Waals surface area contributed by atoms with Crippen molar-refractivity contribution in [2.24, 2.45) is 0 Å². The van der Waals surface area contributed by atoms with E-state index in [1.807, 2.05) is 12.5 Å². The van der Waals surface area contributed by atoms with Crippen LogP contribution in [0.4, 0.5) is 0 Å². The molecule has 0 saturated heterocycles. The highest BCUT2D eigenvalue weighted by molar-refractivity contribution is 5.85. The van der Waals surface area contributed by atoms with Crippen LogP contribution in [0.3, 0.4) is 0 Å². The lowest BCUT2D eigenvalue weighted by Gasteiger charge is -2.10. The van der Waals surface area contributed by atoms with E-state index in [9.17, 15) is 0 Å². The van der Waals surface area contributed by atoms with Crippen molar-refractivity contribution in [2.75, 3.05) is 0 Å². The molecule has 2 aromatic carbocycles. The Morgan fingerprint density at radius 1 is 1.05 bits per heavy atom. The largest absolute Gasteiger partial charge is 0.330 e. The topological polar surface area (TPSA) is 29.9 Å². The summed E-state index contributed by atoms with van der Waals surface area (Å²) in [4.78, 5) is 4.28. The van der Waals surface area contributed by atoms with Crippen molar-refractivity contribution >= 4 is 10.8 Å². The van der Waals surface area contributed by atoms with Gasteiger partial charge in [0.15, 0.2) is 0 Å². The van der Waals surface area contributed by atoms with E-state index in [4.69, 9.17) is 0 Å². The van der Waals surface area contributed by atoms with Crippen molar-refractivity contribution in [1.82, 2.24) is 14.9 Å². The summed E-state index contributed by atoms with van der Waals surface area (Å²) in [5.74, 6) is 0. The van der Waals surface area contributed by atoms with Gasteiger partial charge in [0.1, 0.15) is 0 Å². The van der Waals surface area contributed by atoms with E-state index in [1.54, 1.807) is 0 Å². The molecule has 1 aliphatic carbocycles. The van der Waals surface area contributed by atoms with E-state index < -0.39 is 0 Å². The highest BCUT2D eigenvalue weighted by Crippen LogP contribution is 2.35. The Morgan fingerprint density at radius 2 is 1.90 bits per heavy atom. The van der Waals surface area contributed by atoms with E-state index in [2.05, 4.69) is 57.3 Å². The molecule has 0 amide bonds. The summed E-state index contributed by atoms with van der Waals surface area (Å²) in [7, 11) is 0. The fraction of sp³-hybridized carbons (Fsp3) is 0.278. The van der Waals surface area contributed by atoms with Crippen LogP contribution in [-0.2, 0) is 13.1 Å². The number of aromatic nitrogens is 2. The smallest absolute Gasteiger partial charge is 0.0951 e. The van der Waals surface area contributed by atoms with Gasteiger partial charge in [-0.3, -0.25) is 0 Å². The molecule has 3 heteroatoms. The van der Waals surface area contributed by atoms with Crippen molar-refractivity contribution in [3.05, 3.63) is 66.2 Å². The number of imidazole rings is 1. The second-order valence-corrected chi connectivity index (χ2v) is 5.77. The molecule has 3 aromatic rings. The molecule has 1 N–H and O–H groups in total. The first-order valence-corrected chi connectivity index (χ1v) is 7.60. The monoisotopic (exact) mass is 277 g/mol. The molecule has 0 unspecified atom stereocenters. The van der Waals surface area contributed by atoms with Gasteiger partial charge in [-0.1, -0.05) is 42.5 Å². The quantitative estimate of drug-likeness (QED) is 0.771. The Morgan fingerprint density at radius 3 is 2.81 bits per heavy atom. The molecule has 21 heavy (non-hydrogen) atoms. The minimum Gasteiger partial charge on any atom is -0.330 e. The van der Waals surface area contributed by atoms with Gasteiger partial charge >= 0.3 is 0 Å². The van der Waals surface area contributed by atoms with Crippen molar-refractivity contribution in [2.45, 2.75) is 32.0 Å². The third-order valence-electron chi connectivity index (χ3n) is 4.19. The second kappa shape index (κ2) is 5.34. The molecule has 1 heterocycles. The lowest BCUT2D eigenvalue weighted by molar-refractivity contribution is 0.622. The van der Waals surface area contributed by atoms with Crippen LogP contribution in [0.1, 0.15) is 30.1 Å². The van der Waals surface area contributed by atoms with Crippen LogP contribution in [0, 0.1) is 0 Å². The molecule has 1 fully saturated rings. The zero-order chi connectivity index (χ0) is 14.1. The summed E-state index contributed by atoms with van der Waals surface area (Å²) in [6.07, 6.45) is 6.54. The molecule has 0 atom stereocenters. The van der Waals surface area contributed by atoms with Gasteiger partial charge in [0.05, 0.1) is 12.0 Å². The van der Waals surface area contributed by atoms with Crippen molar-refractivity contribution in [3.8, 4) is 0 Å². The summed E-state index contributed by atoms with van der Waals surface area (Å²) in [5, 5.41) is 6.20. The molecule has 4 rings (SSSR count). The molecule has 0 spiro atoms. The van der Waals surface area contributed by atoms with Crippen LogP contribution in [0.5, 0.6) is 0 Å². The summed E-state index contributed by atoms with van der Waals surface area (Å²) in [6, 6.07) is 15.8. The maximum Gasteiger partial charge on any atom is 0.0951 e. The maximum absolute atomic E-state index is 4.28. The fourth-order valence-corrected chi connectivity index (χ4v) is 2.92. The fourth-order valence-electron chi connectivity index (χ4n) is 2.92. The number of hydrogen-bond acceptors (Lipinski definition) is 2. The maximum atomic E-state index is 4.28. The van der Waals surface area contributed by atoms with E-state index in [-0.39, 0.29) is 0 Å². The van der Waals surface area contributed by atoms with E-state index in [0.29, 0.717) is 6.04 Å². The number of fused-ring (bicyclic) bond motifs is 1. The molecule has 1 aliphatic rings. The van der Waals surface area contributed by atoms with Gasteiger partial charge in [0, 0.05) is 25.3 Å². The van der Waals surface area contributed by atoms with Crippen molar-refractivity contribution in [1.29, 1.82) is 0 Å². The van der Waals surface area contributed by atoms with Crippen LogP contribution < -0.4 is 5.32 Å². The molecule has 0 aliphatic heterocycles. The lowest BCUT2D eigenvalue weighted by Crippen LogP contribution is -2.15. The van der Waals surface area contributed by atoms with E-state index in [0.717, 1.165) is 13.1 Å². The van der Waals surface area contributed by atoms with Gasteiger partial charge in [0.25, 0.3) is 0 Å². The first-order valence-electron chi connectivity index (χ1n) is 7.60. The SMILES string of the molecule is c1ccc2c(CNCc3cncn3C3CC3)cccc2c1. The zero-order valence-corrected chi connectivity index (χ0v) is 12.0. The standard InChI is InChI=1S/C18H19N3/c1-2-7-18-14(4-1)5-3-6-15(18)10-19-11-17-12-20-13-21(17)16-8-9-16/h1-7,12-13,16,19H,8-11H2. The number of rotatable bonds is 5. The van der Waals surface area contributed by atoms with Gasteiger partial charge in [-0.15, -0.1) is 0 Å². The van der Waals surface area contributed by atoms with Gasteiger partial charge in [-0.25, -0.2) is 4.98 Å². The third kappa shape index (κ3) is 2.57. The molecular formula is C18H19N3. The molecule has 3 nitrogen and oxygen atoms in total. The third-order valence-corrected chi connectivity index (χ3v) is 4.19. The predicted octanol–water partition coefficient (Wildman–Crippen LogP) is 3.66. The minimum atomic E-state index is 0.696. The average molecular weight is 277 g/mol. The van der Waals surface area contributed by atoms with Gasteiger partial charge in [0.2, 0.25) is 0 Å². The summed E-state index contributed by atoms with van der Waals surface area (Å²) in [5.41, 5.74) is 2.64. The van der Waals surface area contributed by atoms with E-state index >= 15 is 0 Å². The first-order chi connectivity index (χ1) is 10.4. The molecule has 0 bridgehead atoms. The molecule has 1 saturated carbocycles. The zero-order valence-electron chi connectivity index (χ0n) is 12.0. The lowest BCUT2D eigenvalue weighted by atomic mass is 10.0. The molecule has 106 valence electrons. The van der Waals surface area contributed by atoms with Gasteiger partial charge < -0.3 is 9.88 Å². The Bertz CT molecular complexity index is 751. The van der Waals surface area contributed by atoms with Crippen molar-refractivity contribution in [3.63, 3.8) is 0 Å². The minimum absolute atomic E-state index is 0.696. The van der Waals surface area contributed by atoms with E-state index in [1.165, 1.54) is 34.9 Å². The van der Waals surface area contributed by atoms with Crippen LogP contribution >= 0.6 is 0 Å². The number of benzene rings is 2. The second-order valence-electron chi connectivity index (χ2n) is 5.77. The summed E-state index contributed by atoms with van der Waals surface area (Å²) in [6.45, 7) is 1.76. The summed E-state index contributed by atoms with van der Waals surface area (Å²) < 4.78 is 2.32. The molecular weight excluding hydrogens is 258 g/mol. The molecule has 1 aromatic heterocycles. The summed E-state index contributed by atoms with van der Waals surface area (Å²) >= 11 is 0. The highest BCUT2D eigenvalue weighted by Gasteiger charge is 2.24. The van der Waals surface area contributed by atoms with Crippen LogP contribution in [0.2, 0.25) is 0 Å². The molecule has 0 radical (unpaired) electrons. The van der Waals surface area contributed by atoms with Gasteiger partial charge in [-0.2, -0.15) is 0 Å². The van der Waals surface area contributed by atoms with Crippen LogP contribution in [0.25, 0.3) is 10.8 Å². The Labute approximate surface area is 124 Å². The highest BCUT2D eigenvalue weighted by atomic mass is 15.1. The number of hydrogen-bond donors (Lipinski definition) is 1. The van der Waals surface area contributed by atoms with Crippen LogP contribution in [-0.4, -0.2) is 9.55 Å². The van der Waals surface area contributed by atoms with Gasteiger partial charge in [-0.05, 0) is 29.2 Å². The first kappa shape index (κ1) is 12.6. The Hall–Kier alpha value is -2.13. The normalized spacial score (nSPS) is 14.7. The van der Waals surface area contributed by atoms with Crippen molar-refractivity contribution < 1.29 is 0 Å². The average Bonchev–Trinajstić information content (AvgIpc) is 3.27. The van der Waals surface area contributed by atoms with Crippen LogP contribution in [0.15, 0.2) is 55.0 Å². The Kier molecular flexibility index (Phi) is 3.20. The number of nitrogens with zero attached hydrogens (tertiary/aromatic N) is 2. The Balaban J connectivity index is 1.47. The predicted molar refractivity (Wildman–Crippen MR) is 85.0 cm³/mol.